The summed E-state index contributed by atoms with van der Waals surface area (Å²) in [6.45, 7) is 1.13. The van der Waals surface area contributed by atoms with Crippen molar-refractivity contribution in [2.75, 3.05) is 13.6 Å². The van der Waals surface area contributed by atoms with Gasteiger partial charge in [-0.25, -0.2) is 0 Å². The van der Waals surface area contributed by atoms with E-state index in [0.717, 1.165) is 11.1 Å². The summed E-state index contributed by atoms with van der Waals surface area (Å²) in [5.74, 6) is 2.14. The Morgan fingerprint density at radius 1 is 0.548 bits per heavy atom. The van der Waals surface area contributed by atoms with Gasteiger partial charge in [0, 0.05) is 13.1 Å². The number of rotatable bonds is 6. The minimum Gasteiger partial charge on any atom is -0.454 e. The van der Waals surface area contributed by atoms with E-state index in [9.17, 15) is 9.59 Å². The zero-order valence-corrected chi connectivity index (χ0v) is 24.7. The fraction of sp³-hybridized carbons (Fsp3) is 0.133. The largest absolute Gasteiger partial charge is 0.454 e. The third-order valence-electron chi connectivity index (χ3n) is 6.16. The van der Waals surface area contributed by atoms with E-state index in [-0.39, 0.29) is 36.5 Å². The van der Waals surface area contributed by atoms with E-state index in [4.69, 9.17) is 65.4 Å². The number of hydrogen-bond acceptors (Lipinski definition) is 6. The highest BCUT2D eigenvalue weighted by molar-refractivity contribution is 6.40. The topological polar surface area (TPSA) is 95.1 Å². The summed E-state index contributed by atoms with van der Waals surface area (Å²) in [7, 11) is 0. The van der Waals surface area contributed by atoms with Gasteiger partial charge in [-0.2, -0.15) is 0 Å². The van der Waals surface area contributed by atoms with Crippen molar-refractivity contribution in [1.29, 1.82) is 0 Å². The first-order chi connectivity index (χ1) is 20.3. The lowest BCUT2D eigenvalue weighted by Crippen LogP contribution is -2.23. The SMILES string of the molecule is O=C(NCc1ccc2c(c1)OCO2)c1c(Cl)cccc1Cl.O=C(NCc1ccc2c(c1)OCO2)c1c(Cl)cccc1Cl. The van der Waals surface area contributed by atoms with Crippen molar-refractivity contribution in [1.82, 2.24) is 10.6 Å². The molecule has 4 aromatic carbocycles. The van der Waals surface area contributed by atoms with Gasteiger partial charge < -0.3 is 29.6 Å². The Morgan fingerprint density at radius 3 is 1.29 bits per heavy atom. The first kappa shape index (κ1) is 29.7. The summed E-state index contributed by atoms with van der Waals surface area (Å²) in [5.41, 5.74) is 2.36. The lowest BCUT2D eigenvalue weighted by Gasteiger charge is -2.09. The zero-order chi connectivity index (χ0) is 29.6. The van der Waals surface area contributed by atoms with Gasteiger partial charge in [-0.3, -0.25) is 9.59 Å². The van der Waals surface area contributed by atoms with Gasteiger partial charge in [0.25, 0.3) is 11.8 Å². The standard InChI is InChI=1S/2C15H11Cl2NO3/c2*16-10-2-1-3-11(17)14(10)15(19)18-7-9-4-5-12-13(6-9)21-8-20-12/h2*1-6H,7-8H2,(H,18,19). The van der Waals surface area contributed by atoms with Crippen LogP contribution in [0.25, 0.3) is 0 Å². The van der Waals surface area contributed by atoms with Gasteiger partial charge in [-0.15, -0.1) is 0 Å². The van der Waals surface area contributed by atoms with E-state index in [2.05, 4.69) is 10.6 Å². The molecule has 0 saturated heterocycles. The Balaban J connectivity index is 0.000000168. The monoisotopic (exact) mass is 646 g/mol. The molecule has 0 radical (unpaired) electrons. The molecule has 4 aromatic rings. The Kier molecular flexibility index (Phi) is 9.49. The second kappa shape index (κ2) is 13.4. The van der Waals surface area contributed by atoms with E-state index in [0.29, 0.717) is 56.2 Å². The molecule has 0 atom stereocenters. The van der Waals surface area contributed by atoms with E-state index < -0.39 is 0 Å². The average Bonchev–Trinajstić information content (AvgIpc) is 3.64. The molecule has 0 saturated carbocycles. The van der Waals surface area contributed by atoms with Crippen LogP contribution in [-0.4, -0.2) is 25.4 Å². The van der Waals surface area contributed by atoms with Crippen LogP contribution in [0.2, 0.25) is 20.1 Å². The van der Waals surface area contributed by atoms with Gasteiger partial charge in [0.15, 0.2) is 23.0 Å². The van der Waals surface area contributed by atoms with Crippen LogP contribution in [0.4, 0.5) is 0 Å². The number of fused-ring (bicyclic) bond motifs is 2. The first-order valence-corrected chi connectivity index (χ1v) is 14.0. The van der Waals surface area contributed by atoms with Gasteiger partial charge in [0.2, 0.25) is 13.6 Å². The van der Waals surface area contributed by atoms with E-state index in [1.54, 1.807) is 36.4 Å². The molecule has 0 spiro atoms. The Hall–Kier alpha value is -3.82. The fourth-order valence-electron chi connectivity index (χ4n) is 4.07. The minimum atomic E-state index is -0.316. The highest BCUT2D eigenvalue weighted by Crippen LogP contribution is 2.33. The maximum Gasteiger partial charge on any atom is 0.254 e. The van der Waals surface area contributed by atoms with E-state index >= 15 is 0 Å². The van der Waals surface area contributed by atoms with Crippen LogP contribution in [0.15, 0.2) is 72.8 Å². The maximum atomic E-state index is 12.2. The smallest absolute Gasteiger partial charge is 0.254 e. The summed E-state index contributed by atoms with van der Waals surface area (Å²) in [5, 5.41) is 6.87. The molecule has 0 fully saturated rings. The lowest BCUT2D eigenvalue weighted by atomic mass is 10.1. The summed E-state index contributed by atoms with van der Waals surface area (Å²) in [6.07, 6.45) is 0. The predicted molar refractivity (Wildman–Crippen MR) is 160 cm³/mol. The number of ether oxygens (including phenoxy) is 4. The van der Waals surface area contributed by atoms with Crippen LogP contribution in [0, 0.1) is 0 Å². The van der Waals surface area contributed by atoms with Gasteiger partial charge >= 0.3 is 0 Å². The summed E-state index contributed by atoms with van der Waals surface area (Å²) in [6, 6.07) is 20.9. The minimum absolute atomic E-state index is 0.223. The molecule has 2 aliphatic heterocycles. The molecule has 2 aliphatic rings. The van der Waals surface area contributed by atoms with Crippen molar-refractivity contribution in [2.45, 2.75) is 13.1 Å². The number of carbonyl (C=O) groups excluding carboxylic acids is 2. The molecular formula is C30H22Cl4N2O6. The second-order valence-corrected chi connectivity index (χ2v) is 10.6. The van der Waals surface area contributed by atoms with Crippen LogP contribution in [0.1, 0.15) is 31.8 Å². The van der Waals surface area contributed by atoms with Crippen LogP contribution >= 0.6 is 46.4 Å². The van der Waals surface area contributed by atoms with Crippen molar-refractivity contribution in [3.05, 3.63) is 115 Å². The molecule has 6 rings (SSSR count). The molecule has 2 N–H and O–H groups in total. The van der Waals surface area contributed by atoms with E-state index in [1.807, 2.05) is 36.4 Å². The van der Waals surface area contributed by atoms with Gasteiger partial charge in [0.1, 0.15) is 0 Å². The first-order valence-electron chi connectivity index (χ1n) is 12.5. The molecule has 0 unspecified atom stereocenters. The zero-order valence-electron chi connectivity index (χ0n) is 21.7. The Morgan fingerprint density at radius 2 is 0.905 bits per heavy atom. The molecular weight excluding hydrogens is 626 g/mol. The number of halogens is 4. The second-order valence-electron chi connectivity index (χ2n) is 8.93. The third-order valence-corrected chi connectivity index (χ3v) is 7.42. The highest BCUT2D eigenvalue weighted by atomic mass is 35.5. The van der Waals surface area contributed by atoms with Gasteiger partial charge in [-0.1, -0.05) is 70.7 Å². The van der Waals surface area contributed by atoms with Crippen molar-refractivity contribution in [3.63, 3.8) is 0 Å². The molecule has 216 valence electrons. The van der Waals surface area contributed by atoms with Crippen LogP contribution in [-0.2, 0) is 13.1 Å². The molecule has 12 heteroatoms. The average molecular weight is 648 g/mol. The van der Waals surface area contributed by atoms with Crippen LogP contribution in [0.5, 0.6) is 23.0 Å². The van der Waals surface area contributed by atoms with E-state index in [1.165, 1.54) is 0 Å². The maximum absolute atomic E-state index is 12.2. The predicted octanol–water partition coefficient (Wildman–Crippen LogP) is 7.30. The number of amides is 2. The van der Waals surface area contributed by atoms with Gasteiger partial charge in [0.05, 0.1) is 31.2 Å². The van der Waals surface area contributed by atoms with Crippen LogP contribution in [0.3, 0.4) is 0 Å². The Bertz CT molecular complexity index is 1490. The molecule has 42 heavy (non-hydrogen) atoms. The molecule has 2 amide bonds. The normalized spacial score (nSPS) is 12.3. The molecule has 0 aromatic heterocycles. The third kappa shape index (κ3) is 6.97. The summed E-state index contributed by atoms with van der Waals surface area (Å²) in [4.78, 5) is 24.3. The summed E-state index contributed by atoms with van der Waals surface area (Å²) < 4.78 is 21.1. The Labute approximate surface area is 261 Å². The van der Waals surface area contributed by atoms with Crippen molar-refractivity contribution >= 4 is 58.2 Å². The number of benzene rings is 4. The van der Waals surface area contributed by atoms with Crippen molar-refractivity contribution in [2.24, 2.45) is 0 Å². The lowest BCUT2D eigenvalue weighted by molar-refractivity contribution is 0.0943. The fourth-order valence-corrected chi connectivity index (χ4v) is 5.21. The molecule has 0 aliphatic carbocycles. The van der Waals surface area contributed by atoms with Crippen LogP contribution < -0.4 is 29.6 Å². The highest BCUT2D eigenvalue weighted by Gasteiger charge is 2.18. The molecule has 8 nitrogen and oxygen atoms in total. The van der Waals surface area contributed by atoms with Gasteiger partial charge in [-0.05, 0) is 59.7 Å². The van der Waals surface area contributed by atoms with Crippen molar-refractivity contribution in [3.8, 4) is 23.0 Å². The molecule has 2 heterocycles. The number of carbonyl (C=O) groups is 2. The molecule has 0 bridgehead atoms. The van der Waals surface area contributed by atoms with Crippen molar-refractivity contribution < 1.29 is 28.5 Å². The number of nitrogens with one attached hydrogen (secondary N) is 2. The number of hydrogen-bond donors (Lipinski definition) is 2. The summed E-state index contributed by atoms with van der Waals surface area (Å²) >= 11 is 24.0. The quantitative estimate of drug-likeness (QED) is 0.228.